The summed E-state index contributed by atoms with van der Waals surface area (Å²) < 4.78 is 5.25. The molecule has 3 rings (SSSR count). The molecule has 124 valence electrons. The molecule has 1 aromatic carbocycles. The average molecular weight is 327 g/mol. The number of aromatic nitrogens is 4. The fourth-order valence-electron chi connectivity index (χ4n) is 2.34. The zero-order chi connectivity index (χ0) is 17.3. The zero-order valence-corrected chi connectivity index (χ0v) is 13.5. The molecule has 8 heteroatoms. The number of para-hydroxylation sites is 1. The van der Waals surface area contributed by atoms with Crippen molar-refractivity contribution in [3.05, 3.63) is 36.2 Å². The molecule has 2 heterocycles. The van der Waals surface area contributed by atoms with Crippen molar-refractivity contribution in [2.45, 2.75) is 26.3 Å². The van der Waals surface area contributed by atoms with E-state index >= 15 is 0 Å². The van der Waals surface area contributed by atoms with Crippen molar-refractivity contribution >= 4 is 5.91 Å². The van der Waals surface area contributed by atoms with Gasteiger partial charge in [0.25, 0.3) is 5.89 Å². The highest BCUT2D eigenvalue weighted by atomic mass is 16.5. The SMILES string of the molecule is CC(=O)NC(C)(C)c1noc(-c2cc(-c3ccccc3O)n[nH]2)n1. The lowest BCUT2D eigenvalue weighted by Gasteiger charge is -2.20. The van der Waals surface area contributed by atoms with Gasteiger partial charge in [0.05, 0.1) is 11.2 Å². The molecule has 0 aliphatic heterocycles. The molecule has 0 saturated carbocycles. The van der Waals surface area contributed by atoms with Crippen LogP contribution in [-0.2, 0) is 10.3 Å². The van der Waals surface area contributed by atoms with Gasteiger partial charge < -0.3 is 14.9 Å². The number of amides is 1. The van der Waals surface area contributed by atoms with Crippen molar-refractivity contribution in [3.8, 4) is 28.6 Å². The lowest BCUT2D eigenvalue weighted by molar-refractivity contribution is -0.120. The van der Waals surface area contributed by atoms with Crippen LogP contribution in [0.15, 0.2) is 34.9 Å². The third kappa shape index (κ3) is 2.98. The quantitative estimate of drug-likeness (QED) is 0.676. The van der Waals surface area contributed by atoms with Gasteiger partial charge in [0.1, 0.15) is 11.4 Å². The Morgan fingerprint density at radius 3 is 2.79 bits per heavy atom. The van der Waals surface area contributed by atoms with Crippen LogP contribution in [0.4, 0.5) is 0 Å². The van der Waals surface area contributed by atoms with Gasteiger partial charge >= 0.3 is 0 Å². The van der Waals surface area contributed by atoms with Crippen LogP contribution in [0.1, 0.15) is 26.6 Å². The van der Waals surface area contributed by atoms with Crippen molar-refractivity contribution in [1.29, 1.82) is 0 Å². The number of aromatic hydroxyl groups is 1. The first kappa shape index (κ1) is 15.7. The van der Waals surface area contributed by atoms with E-state index in [1.165, 1.54) is 6.92 Å². The van der Waals surface area contributed by atoms with Crippen LogP contribution in [0.3, 0.4) is 0 Å². The monoisotopic (exact) mass is 327 g/mol. The summed E-state index contributed by atoms with van der Waals surface area (Å²) in [7, 11) is 0. The third-order valence-corrected chi connectivity index (χ3v) is 3.46. The van der Waals surface area contributed by atoms with Gasteiger partial charge in [-0.25, -0.2) is 0 Å². The Morgan fingerprint density at radius 1 is 1.33 bits per heavy atom. The minimum atomic E-state index is -0.756. The smallest absolute Gasteiger partial charge is 0.276 e. The summed E-state index contributed by atoms with van der Waals surface area (Å²) in [6, 6.07) is 8.60. The number of nitrogens with one attached hydrogen (secondary N) is 2. The first-order chi connectivity index (χ1) is 11.4. The fourth-order valence-corrected chi connectivity index (χ4v) is 2.34. The van der Waals surface area contributed by atoms with Crippen molar-refractivity contribution in [2.24, 2.45) is 0 Å². The van der Waals surface area contributed by atoms with E-state index in [4.69, 9.17) is 4.52 Å². The normalized spacial score (nSPS) is 11.5. The van der Waals surface area contributed by atoms with Gasteiger partial charge in [0.15, 0.2) is 5.82 Å². The van der Waals surface area contributed by atoms with Crippen LogP contribution in [0.2, 0.25) is 0 Å². The van der Waals surface area contributed by atoms with Crippen molar-refractivity contribution in [2.75, 3.05) is 0 Å². The number of H-pyrrole nitrogens is 1. The van der Waals surface area contributed by atoms with Crippen LogP contribution in [0.5, 0.6) is 5.75 Å². The topological polar surface area (TPSA) is 117 Å². The number of phenols is 1. The number of phenolic OH excluding ortho intramolecular Hbond substituents is 1. The maximum Gasteiger partial charge on any atom is 0.276 e. The Morgan fingerprint density at radius 2 is 2.08 bits per heavy atom. The lowest BCUT2D eigenvalue weighted by Crippen LogP contribution is -2.40. The summed E-state index contributed by atoms with van der Waals surface area (Å²) in [5.74, 6) is 0.548. The summed E-state index contributed by atoms with van der Waals surface area (Å²) in [5, 5.41) is 23.5. The number of hydrogen-bond donors (Lipinski definition) is 3. The van der Waals surface area contributed by atoms with E-state index in [-0.39, 0.29) is 17.5 Å². The maximum atomic E-state index is 11.3. The number of nitrogens with zero attached hydrogens (tertiary/aromatic N) is 3. The van der Waals surface area contributed by atoms with Gasteiger partial charge in [-0.2, -0.15) is 10.1 Å². The number of benzene rings is 1. The van der Waals surface area contributed by atoms with Gasteiger partial charge in [0, 0.05) is 12.5 Å². The largest absolute Gasteiger partial charge is 0.507 e. The Labute approximate surface area is 137 Å². The van der Waals surface area contributed by atoms with E-state index in [0.717, 1.165) is 0 Å². The molecule has 0 radical (unpaired) electrons. The molecule has 0 unspecified atom stereocenters. The van der Waals surface area contributed by atoms with Crippen molar-refractivity contribution in [3.63, 3.8) is 0 Å². The number of hydrogen-bond acceptors (Lipinski definition) is 6. The molecule has 0 bridgehead atoms. The Kier molecular flexibility index (Phi) is 3.80. The maximum absolute atomic E-state index is 11.3. The summed E-state index contributed by atoms with van der Waals surface area (Å²) in [5.41, 5.74) is 0.918. The highest BCUT2D eigenvalue weighted by molar-refractivity contribution is 5.74. The highest BCUT2D eigenvalue weighted by Crippen LogP contribution is 2.30. The predicted molar refractivity (Wildman–Crippen MR) is 85.8 cm³/mol. The minimum absolute atomic E-state index is 0.133. The van der Waals surface area contributed by atoms with Crippen molar-refractivity contribution in [1.82, 2.24) is 25.7 Å². The molecule has 0 aliphatic carbocycles. The molecule has 2 aromatic heterocycles. The molecule has 0 spiro atoms. The zero-order valence-electron chi connectivity index (χ0n) is 13.5. The third-order valence-electron chi connectivity index (χ3n) is 3.46. The van der Waals surface area contributed by atoms with Crippen molar-refractivity contribution < 1.29 is 14.4 Å². The van der Waals surface area contributed by atoms with Crippen LogP contribution in [0, 0.1) is 0 Å². The molecule has 3 N–H and O–H groups in total. The molecule has 0 fully saturated rings. The molecule has 3 aromatic rings. The van der Waals surface area contributed by atoms with E-state index in [9.17, 15) is 9.90 Å². The van der Waals surface area contributed by atoms with Gasteiger partial charge in [-0.15, -0.1) is 0 Å². The number of carbonyl (C=O) groups is 1. The fraction of sp³-hybridized carbons (Fsp3) is 0.250. The number of aromatic amines is 1. The molecule has 0 saturated heterocycles. The highest BCUT2D eigenvalue weighted by Gasteiger charge is 2.28. The standard InChI is InChI=1S/C16H17N5O3/c1-9(22)18-16(2,3)15-17-14(24-21-15)12-8-11(19-20-12)10-6-4-5-7-13(10)23/h4-8,23H,1-3H3,(H,18,22)(H,19,20). The van der Waals surface area contributed by atoms with E-state index in [0.29, 0.717) is 22.8 Å². The van der Waals surface area contributed by atoms with Crippen LogP contribution >= 0.6 is 0 Å². The molecular formula is C16H17N5O3. The molecular weight excluding hydrogens is 310 g/mol. The summed E-state index contributed by atoms with van der Waals surface area (Å²) in [4.78, 5) is 15.6. The summed E-state index contributed by atoms with van der Waals surface area (Å²) in [6.45, 7) is 4.99. The molecule has 0 atom stereocenters. The Balaban J connectivity index is 1.89. The van der Waals surface area contributed by atoms with E-state index < -0.39 is 5.54 Å². The van der Waals surface area contributed by atoms with Crippen LogP contribution in [-0.4, -0.2) is 31.4 Å². The summed E-state index contributed by atoms with van der Waals surface area (Å²) >= 11 is 0. The van der Waals surface area contributed by atoms with Gasteiger partial charge in [-0.1, -0.05) is 17.3 Å². The Bertz CT molecular complexity index is 881. The summed E-state index contributed by atoms with van der Waals surface area (Å²) in [6.07, 6.45) is 0. The molecule has 1 amide bonds. The number of rotatable bonds is 4. The second-order valence-electron chi connectivity index (χ2n) is 5.91. The molecule has 8 nitrogen and oxygen atoms in total. The van der Waals surface area contributed by atoms with Gasteiger partial charge in [-0.05, 0) is 32.0 Å². The van der Waals surface area contributed by atoms with Crippen LogP contribution < -0.4 is 5.32 Å². The van der Waals surface area contributed by atoms with E-state index in [1.807, 2.05) is 6.07 Å². The molecule has 24 heavy (non-hydrogen) atoms. The lowest BCUT2D eigenvalue weighted by atomic mass is 10.1. The molecule has 0 aliphatic rings. The minimum Gasteiger partial charge on any atom is -0.507 e. The van der Waals surface area contributed by atoms with Gasteiger partial charge in [-0.3, -0.25) is 9.89 Å². The number of carbonyl (C=O) groups excluding carboxylic acids is 1. The Hall–Kier alpha value is -3.16. The second kappa shape index (κ2) is 5.80. The first-order valence-corrected chi connectivity index (χ1v) is 7.34. The van der Waals surface area contributed by atoms with E-state index in [2.05, 4.69) is 25.7 Å². The second-order valence-corrected chi connectivity index (χ2v) is 5.91. The van der Waals surface area contributed by atoms with Gasteiger partial charge in [0.2, 0.25) is 5.91 Å². The average Bonchev–Trinajstić information content (AvgIpc) is 3.16. The predicted octanol–water partition coefficient (Wildman–Crippen LogP) is 2.20. The first-order valence-electron chi connectivity index (χ1n) is 7.34. The van der Waals surface area contributed by atoms with E-state index in [1.54, 1.807) is 38.1 Å². The van der Waals surface area contributed by atoms with Crippen LogP contribution in [0.25, 0.3) is 22.8 Å².